The highest BCUT2D eigenvalue weighted by Crippen LogP contribution is 2.34. The molecule has 0 atom stereocenters. The minimum Gasteiger partial charge on any atom is -0.493 e. The van der Waals surface area contributed by atoms with Crippen molar-refractivity contribution < 1.29 is 4.74 Å². The first-order valence-corrected chi connectivity index (χ1v) is 6.46. The standard InChI is InChI=1S/C13H12N2O.C2H7N/c1-3-10-4-2-8-16-13(10)11(5-1)12-6-7-14-9-15-12;1-3-2/h1,3,5-7,9H,2,4,8H2;3H,1-2H3. The van der Waals surface area contributed by atoms with Gasteiger partial charge in [0, 0.05) is 11.8 Å². The lowest BCUT2D eigenvalue weighted by molar-refractivity contribution is 0.289. The lowest BCUT2D eigenvalue weighted by Crippen LogP contribution is -2.09. The lowest BCUT2D eigenvalue weighted by Gasteiger charge is -2.19. The first-order chi connectivity index (χ1) is 9.36. The normalized spacial score (nSPS) is 12.7. The molecule has 0 unspecified atom stereocenters. The van der Waals surface area contributed by atoms with Crippen molar-refractivity contribution in [2.45, 2.75) is 12.8 Å². The van der Waals surface area contributed by atoms with Crippen LogP contribution in [0, 0.1) is 0 Å². The maximum absolute atomic E-state index is 5.75. The molecule has 19 heavy (non-hydrogen) atoms. The van der Waals surface area contributed by atoms with Gasteiger partial charge in [-0.15, -0.1) is 0 Å². The molecule has 1 aliphatic heterocycles. The van der Waals surface area contributed by atoms with E-state index < -0.39 is 0 Å². The molecule has 100 valence electrons. The largest absolute Gasteiger partial charge is 0.493 e. The zero-order chi connectivity index (χ0) is 13.5. The summed E-state index contributed by atoms with van der Waals surface area (Å²) >= 11 is 0. The van der Waals surface area contributed by atoms with Crippen molar-refractivity contribution >= 4 is 0 Å². The Labute approximate surface area is 113 Å². The van der Waals surface area contributed by atoms with E-state index in [4.69, 9.17) is 4.74 Å². The summed E-state index contributed by atoms with van der Waals surface area (Å²) < 4.78 is 5.75. The van der Waals surface area contributed by atoms with E-state index in [2.05, 4.69) is 27.4 Å². The molecule has 1 N–H and O–H groups in total. The summed E-state index contributed by atoms with van der Waals surface area (Å²) in [5.74, 6) is 0.993. The Morgan fingerprint density at radius 1 is 1.21 bits per heavy atom. The molecular weight excluding hydrogens is 238 g/mol. The summed E-state index contributed by atoms with van der Waals surface area (Å²) in [6.07, 6.45) is 5.51. The SMILES string of the molecule is CNC.c1cc2c(c(-c3ccncn3)c1)OCCC2. The molecule has 0 spiro atoms. The number of rotatable bonds is 1. The summed E-state index contributed by atoms with van der Waals surface area (Å²) in [7, 11) is 3.75. The molecule has 1 aromatic heterocycles. The van der Waals surface area contributed by atoms with E-state index in [0.29, 0.717) is 0 Å². The van der Waals surface area contributed by atoms with Gasteiger partial charge >= 0.3 is 0 Å². The summed E-state index contributed by atoms with van der Waals surface area (Å²) in [4.78, 5) is 8.20. The molecule has 0 amide bonds. The van der Waals surface area contributed by atoms with Crippen LogP contribution in [-0.4, -0.2) is 30.7 Å². The molecule has 2 aromatic rings. The van der Waals surface area contributed by atoms with Crippen LogP contribution in [0.15, 0.2) is 36.8 Å². The van der Waals surface area contributed by atoms with Crippen LogP contribution in [0.2, 0.25) is 0 Å². The topological polar surface area (TPSA) is 47.0 Å². The summed E-state index contributed by atoms with van der Waals surface area (Å²) in [5, 5.41) is 2.75. The van der Waals surface area contributed by atoms with Gasteiger partial charge in [0.25, 0.3) is 0 Å². The van der Waals surface area contributed by atoms with Crippen LogP contribution >= 0.6 is 0 Å². The molecule has 1 aliphatic rings. The van der Waals surface area contributed by atoms with E-state index >= 15 is 0 Å². The molecule has 2 heterocycles. The highest BCUT2D eigenvalue weighted by Gasteiger charge is 2.15. The number of hydrogen-bond acceptors (Lipinski definition) is 4. The number of aryl methyl sites for hydroxylation is 1. The lowest BCUT2D eigenvalue weighted by atomic mass is 10.0. The summed E-state index contributed by atoms with van der Waals surface area (Å²) in [5.41, 5.74) is 3.27. The number of nitrogens with one attached hydrogen (secondary N) is 1. The van der Waals surface area contributed by atoms with Crippen molar-refractivity contribution in [3.63, 3.8) is 0 Å². The molecular formula is C15H19N3O. The maximum Gasteiger partial charge on any atom is 0.131 e. The number of para-hydroxylation sites is 1. The van der Waals surface area contributed by atoms with Crippen molar-refractivity contribution in [1.29, 1.82) is 0 Å². The zero-order valence-electron chi connectivity index (χ0n) is 11.4. The highest BCUT2D eigenvalue weighted by atomic mass is 16.5. The first-order valence-electron chi connectivity index (χ1n) is 6.46. The second-order valence-electron chi connectivity index (χ2n) is 4.34. The van der Waals surface area contributed by atoms with Crippen molar-refractivity contribution in [3.8, 4) is 17.0 Å². The van der Waals surface area contributed by atoms with E-state index in [9.17, 15) is 0 Å². The zero-order valence-corrected chi connectivity index (χ0v) is 11.4. The second kappa shape index (κ2) is 6.85. The Morgan fingerprint density at radius 2 is 2.05 bits per heavy atom. The predicted octanol–water partition coefficient (Wildman–Crippen LogP) is 2.30. The fourth-order valence-corrected chi connectivity index (χ4v) is 2.04. The third-order valence-corrected chi connectivity index (χ3v) is 2.79. The van der Waals surface area contributed by atoms with Gasteiger partial charge in [-0.2, -0.15) is 0 Å². The predicted molar refractivity (Wildman–Crippen MR) is 76.3 cm³/mol. The number of aromatic nitrogens is 2. The number of nitrogens with zero attached hydrogens (tertiary/aromatic N) is 2. The summed E-state index contributed by atoms with van der Waals surface area (Å²) in [6, 6.07) is 8.14. The van der Waals surface area contributed by atoms with Crippen molar-refractivity contribution in [3.05, 3.63) is 42.4 Å². The summed E-state index contributed by atoms with van der Waals surface area (Å²) in [6.45, 7) is 0.801. The fraction of sp³-hybridized carbons (Fsp3) is 0.333. The van der Waals surface area contributed by atoms with E-state index in [0.717, 1.165) is 36.5 Å². The van der Waals surface area contributed by atoms with Crippen LogP contribution in [-0.2, 0) is 6.42 Å². The van der Waals surface area contributed by atoms with Crippen LogP contribution in [0.5, 0.6) is 5.75 Å². The average molecular weight is 257 g/mol. The van der Waals surface area contributed by atoms with Crippen molar-refractivity contribution in [2.24, 2.45) is 0 Å². The third-order valence-electron chi connectivity index (χ3n) is 2.79. The quantitative estimate of drug-likeness (QED) is 0.851. The molecule has 1 aromatic carbocycles. The van der Waals surface area contributed by atoms with E-state index in [1.54, 1.807) is 12.5 Å². The van der Waals surface area contributed by atoms with E-state index in [-0.39, 0.29) is 0 Å². The van der Waals surface area contributed by atoms with Crippen LogP contribution in [0.1, 0.15) is 12.0 Å². The van der Waals surface area contributed by atoms with Gasteiger partial charge in [0.05, 0.1) is 12.3 Å². The minimum absolute atomic E-state index is 0.801. The van der Waals surface area contributed by atoms with Crippen LogP contribution in [0.3, 0.4) is 0 Å². The Hall–Kier alpha value is -1.94. The van der Waals surface area contributed by atoms with Gasteiger partial charge in [0.2, 0.25) is 0 Å². The number of fused-ring (bicyclic) bond motifs is 1. The molecule has 0 radical (unpaired) electrons. The van der Waals surface area contributed by atoms with Gasteiger partial charge in [-0.25, -0.2) is 9.97 Å². The molecule has 0 bridgehead atoms. The van der Waals surface area contributed by atoms with Gasteiger partial charge in [-0.05, 0) is 44.6 Å². The monoisotopic (exact) mass is 257 g/mol. The van der Waals surface area contributed by atoms with Gasteiger partial charge in [0.1, 0.15) is 12.1 Å². The molecule has 0 saturated heterocycles. The van der Waals surface area contributed by atoms with Crippen LogP contribution < -0.4 is 10.1 Å². The molecule has 3 rings (SSSR count). The number of ether oxygens (including phenoxy) is 1. The first kappa shape index (κ1) is 13.5. The minimum atomic E-state index is 0.801. The van der Waals surface area contributed by atoms with E-state index in [1.807, 2.05) is 26.2 Å². The fourth-order valence-electron chi connectivity index (χ4n) is 2.04. The Kier molecular flexibility index (Phi) is 4.86. The maximum atomic E-state index is 5.75. The van der Waals surface area contributed by atoms with Gasteiger partial charge in [-0.3, -0.25) is 0 Å². The van der Waals surface area contributed by atoms with Gasteiger partial charge in [-0.1, -0.05) is 12.1 Å². The average Bonchev–Trinajstić information content (AvgIpc) is 2.48. The molecule has 0 aliphatic carbocycles. The molecule has 4 nitrogen and oxygen atoms in total. The van der Waals surface area contributed by atoms with Crippen LogP contribution in [0.25, 0.3) is 11.3 Å². The van der Waals surface area contributed by atoms with Crippen molar-refractivity contribution in [1.82, 2.24) is 15.3 Å². The molecule has 0 saturated carbocycles. The molecule has 0 fully saturated rings. The smallest absolute Gasteiger partial charge is 0.131 e. The number of hydrogen-bond donors (Lipinski definition) is 1. The number of benzene rings is 1. The molecule has 4 heteroatoms. The van der Waals surface area contributed by atoms with Gasteiger partial charge < -0.3 is 10.1 Å². The second-order valence-corrected chi connectivity index (χ2v) is 4.34. The van der Waals surface area contributed by atoms with E-state index in [1.165, 1.54) is 5.56 Å². The van der Waals surface area contributed by atoms with Crippen molar-refractivity contribution in [2.75, 3.05) is 20.7 Å². The Bertz CT molecular complexity index is 514. The van der Waals surface area contributed by atoms with Gasteiger partial charge in [0.15, 0.2) is 0 Å². The third kappa shape index (κ3) is 3.29. The van der Waals surface area contributed by atoms with Crippen LogP contribution in [0.4, 0.5) is 0 Å². The Morgan fingerprint density at radius 3 is 2.79 bits per heavy atom. The highest BCUT2D eigenvalue weighted by molar-refractivity contribution is 5.69. The Balaban J connectivity index is 0.000000408.